The third kappa shape index (κ3) is 4.72. The quantitative estimate of drug-likeness (QED) is 0.483. The van der Waals surface area contributed by atoms with Crippen molar-refractivity contribution in [3.8, 4) is 0 Å². The van der Waals surface area contributed by atoms with E-state index in [2.05, 4.69) is 36.6 Å². The molecule has 2 aromatic carbocycles. The predicted molar refractivity (Wildman–Crippen MR) is 124 cm³/mol. The lowest BCUT2D eigenvalue weighted by Gasteiger charge is -2.35. The zero-order chi connectivity index (χ0) is 21.9. The van der Waals surface area contributed by atoms with Crippen molar-refractivity contribution in [2.24, 2.45) is 5.41 Å². The van der Waals surface area contributed by atoms with Crippen LogP contribution in [0.25, 0.3) is 5.57 Å². The minimum atomic E-state index is -0.158. The minimum absolute atomic E-state index is 0.0600. The Kier molecular flexibility index (Phi) is 5.96. The van der Waals surface area contributed by atoms with Crippen molar-refractivity contribution in [1.82, 2.24) is 0 Å². The van der Waals surface area contributed by atoms with Gasteiger partial charge in [-0.3, -0.25) is 9.59 Å². The summed E-state index contributed by atoms with van der Waals surface area (Å²) in [6.45, 7) is 5.82. The summed E-state index contributed by atoms with van der Waals surface area (Å²) in [7, 11) is 0. The molecule has 0 bridgehead atoms. The second-order valence-corrected chi connectivity index (χ2v) is 9.17. The van der Waals surface area contributed by atoms with Gasteiger partial charge >= 0.3 is 0 Å². The highest BCUT2D eigenvalue weighted by Gasteiger charge is 2.41. The molecular weight excluding hydrogens is 388 g/mol. The largest absolute Gasteiger partial charge is 0.381 e. The van der Waals surface area contributed by atoms with E-state index in [0.29, 0.717) is 25.3 Å². The van der Waals surface area contributed by atoms with Gasteiger partial charge in [0.1, 0.15) is 0 Å². The maximum atomic E-state index is 12.9. The van der Waals surface area contributed by atoms with E-state index in [-0.39, 0.29) is 16.7 Å². The molecule has 5 heteroatoms. The molecule has 4 rings (SSSR count). The zero-order valence-electron chi connectivity index (χ0n) is 18.2. The molecule has 1 saturated heterocycles. The Balaban J connectivity index is 1.58. The third-order valence-electron chi connectivity index (χ3n) is 6.76. The number of carbonyl (C=O) groups is 2. The monoisotopic (exact) mass is 418 g/mol. The van der Waals surface area contributed by atoms with Gasteiger partial charge in [-0.25, -0.2) is 0 Å². The van der Waals surface area contributed by atoms with Crippen LogP contribution in [0, 0.1) is 5.41 Å². The van der Waals surface area contributed by atoms with E-state index < -0.39 is 0 Å². The second kappa shape index (κ2) is 8.67. The molecular formula is C26H30N2O3. The average Bonchev–Trinajstić information content (AvgIpc) is 3.52. The van der Waals surface area contributed by atoms with Crippen molar-refractivity contribution in [1.29, 1.82) is 0 Å². The van der Waals surface area contributed by atoms with E-state index in [1.807, 2.05) is 36.4 Å². The molecule has 2 amide bonds. The van der Waals surface area contributed by atoms with Crippen molar-refractivity contribution < 1.29 is 14.3 Å². The Bertz CT molecular complexity index is 987. The number of hydrogen-bond acceptors (Lipinski definition) is 3. The smallest absolute Gasteiger partial charge is 0.248 e. The Morgan fingerprint density at radius 3 is 2.35 bits per heavy atom. The van der Waals surface area contributed by atoms with E-state index in [1.165, 1.54) is 0 Å². The fraction of sp³-hybridized carbons (Fsp3) is 0.385. The fourth-order valence-electron chi connectivity index (χ4n) is 4.41. The summed E-state index contributed by atoms with van der Waals surface area (Å²) in [5.74, 6) is -0.158. The summed E-state index contributed by atoms with van der Waals surface area (Å²) in [6.07, 6.45) is 6.39. The van der Waals surface area contributed by atoms with Gasteiger partial charge in [-0.05, 0) is 65.3 Å². The van der Waals surface area contributed by atoms with Crippen molar-refractivity contribution in [3.05, 3.63) is 65.7 Å². The highest BCUT2D eigenvalue weighted by molar-refractivity contribution is 6.05. The van der Waals surface area contributed by atoms with Gasteiger partial charge in [-0.2, -0.15) is 0 Å². The summed E-state index contributed by atoms with van der Waals surface area (Å²) in [4.78, 5) is 24.1. The highest BCUT2D eigenvalue weighted by atomic mass is 16.5. The zero-order valence-corrected chi connectivity index (χ0v) is 18.2. The molecule has 0 atom stereocenters. The maximum Gasteiger partial charge on any atom is 0.248 e. The van der Waals surface area contributed by atoms with Crippen LogP contribution in [-0.4, -0.2) is 25.5 Å². The van der Waals surface area contributed by atoms with Gasteiger partial charge in [-0.15, -0.1) is 0 Å². The fourth-order valence-corrected chi connectivity index (χ4v) is 4.41. The molecule has 1 aliphatic heterocycles. The van der Waals surface area contributed by atoms with Crippen LogP contribution in [0.5, 0.6) is 0 Å². The number of carbonyl (C=O) groups excluding carboxylic acids is 2. The minimum Gasteiger partial charge on any atom is -0.381 e. The standard InChI is InChI=1S/C26H30N2O3/c1-25(10-11-25)22(19-6-4-3-5-7-19)17-24(30)28-20-8-9-21(23(16-20)27-18-29)26(2)12-14-31-15-13-26/h3-9,16-18H,10-15H2,1-2H3,(H,27,29)(H,28,30)/b22-17-. The lowest BCUT2D eigenvalue weighted by atomic mass is 9.75. The summed E-state index contributed by atoms with van der Waals surface area (Å²) in [5.41, 5.74) is 4.63. The molecule has 1 aliphatic carbocycles. The molecule has 0 unspecified atom stereocenters. The van der Waals surface area contributed by atoms with E-state index >= 15 is 0 Å². The normalized spacial score (nSPS) is 19.4. The Labute approximate surface area is 183 Å². The second-order valence-electron chi connectivity index (χ2n) is 9.17. The average molecular weight is 419 g/mol. The molecule has 2 N–H and O–H groups in total. The summed E-state index contributed by atoms with van der Waals surface area (Å²) in [6, 6.07) is 15.9. The van der Waals surface area contributed by atoms with Crippen LogP contribution in [0.2, 0.25) is 0 Å². The molecule has 5 nitrogen and oxygen atoms in total. The first-order valence-electron chi connectivity index (χ1n) is 10.9. The predicted octanol–water partition coefficient (Wildman–Crippen LogP) is 5.15. The first-order valence-corrected chi connectivity index (χ1v) is 10.9. The van der Waals surface area contributed by atoms with Crippen molar-refractivity contribution in [2.75, 3.05) is 23.8 Å². The summed E-state index contributed by atoms with van der Waals surface area (Å²) in [5, 5.41) is 5.81. The molecule has 1 saturated carbocycles. The lowest BCUT2D eigenvalue weighted by Crippen LogP contribution is -2.31. The van der Waals surface area contributed by atoms with Gasteiger partial charge in [0, 0.05) is 30.7 Å². The number of hydrogen-bond donors (Lipinski definition) is 2. The van der Waals surface area contributed by atoms with Crippen LogP contribution in [-0.2, 0) is 19.7 Å². The van der Waals surface area contributed by atoms with E-state index in [9.17, 15) is 9.59 Å². The molecule has 0 aromatic heterocycles. The molecule has 2 aliphatic rings. The number of nitrogens with one attached hydrogen (secondary N) is 2. The molecule has 2 fully saturated rings. The van der Waals surface area contributed by atoms with Crippen LogP contribution >= 0.6 is 0 Å². The number of anilines is 2. The first-order chi connectivity index (χ1) is 14.9. The van der Waals surface area contributed by atoms with Gasteiger partial charge in [0.25, 0.3) is 0 Å². The van der Waals surface area contributed by atoms with Crippen molar-refractivity contribution in [2.45, 2.75) is 44.9 Å². The molecule has 31 heavy (non-hydrogen) atoms. The van der Waals surface area contributed by atoms with Crippen molar-refractivity contribution in [3.63, 3.8) is 0 Å². The first kappa shape index (κ1) is 21.3. The molecule has 2 aromatic rings. The van der Waals surface area contributed by atoms with Gasteiger partial charge in [0.2, 0.25) is 12.3 Å². The van der Waals surface area contributed by atoms with Crippen LogP contribution in [0.3, 0.4) is 0 Å². The van der Waals surface area contributed by atoms with Crippen molar-refractivity contribution >= 4 is 29.3 Å². The Hall–Kier alpha value is -2.92. The molecule has 1 heterocycles. The molecule has 162 valence electrons. The Morgan fingerprint density at radius 2 is 1.71 bits per heavy atom. The van der Waals surface area contributed by atoms with Gasteiger partial charge < -0.3 is 15.4 Å². The topological polar surface area (TPSA) is 67.4 Å². The highest BCUT2D eigenvalue weighted by Crippen LogP contribution is 2.55. The molecule has 0 radical (unpaired) electrons. The van der Waals surface area contributed by atoms with E-state index in [1.54, 1.807) is 6.08 Å². The number of amides is 2. The van der Waals surface area contributed by atoms with E-state index in [4.69, 9.17) is 4.74 Å². The van der Waals surface area contributed by atoms with Gasteiger partial charge in [-0.1, -0.05) is 50.2 Å². The maximum absolute atomic E-state index is 12.9. The van der Waals surface area contributed by atoms with Gasteiger partial charge in [0.15, 0.2) is 0 Å². The van der Waals surface area contributed by atoms with Crippen LogP contribution in [0.15, 0.2) is 54.6 Å². The number of ether oxygens (including phenoxy) is 1. The number of rotatable bonds is 7. The summed E-state index contributed by atoms with van der Waals surface area (Å²) >= 11 is 0. The lowest BCUT2D eigenvalue weighted by molar-refractivity contribution is -0.112. The number of allylic oxidation sites excluding steroid dienone is 1. The van der Waals surface area contributed by atoms with Gasteiger partial charge in [0.05, 0.1) is 0 Å². The summed E-state index contributed by atoms with van der Waals surface area (Å²) < 4.78 is 5.52. The van der Waals surface area contributed by atoms with Crippen LogP contribution < -0.4 is 10.6 Å². The van der Waals surface area contributed by atoms with Crippen LogP contribution in [0.1, 0.15) is 50.7 Å². The van der Waals surface area contributed by atoms with Crippen LogP contribution in [0.4, 0.5) is 11.4 Å². The SMILES string of the molecule is CC1(/C(=C\C(=O)Nc2ccc(C3(C)CCOCC3)c(NC=O)c2)c2ccccc2)CC1. The number of benzene rings is 2. The Morgan fingerprint density at radius 1 is 1.00 bits per heavy atom. The third-order valence-corrected chi connectivity index (χ3v) is 6.76. The van der Waals surface area contributed by atoms with E-state index in [0.717, 1.165) is 48.1 Å². The molecule has 0 spiro atoms.